The van der Waals surface area contributed by atoms with Gasteiger partial charge in [0.2, 0.25) is 0 Å². The van der Waals surface area contributed by atoms with E-state index in [-0.39, 0.29) is 22.1 Å². The fraction of sp³-hybridized carbons (Fsp3) is 0.500. The van der Waals surface area contributed by atoms with Gasteiger partial charge in [-0.25, -0.2) is 8.42 Å². The Morgan fingerprint density at radius 3 is 2.23 bits per heavy atom. The number of carbonyl (C=O) groups is 1. The van der Waals surface area contributed by atoms with Crippen molar-refractivity contribution in [2.24, 2.45) is 7.05 Å². The number of likely N-dealkylation sites (tertiary alicyclic amines) is 1. The number of sulfonamides is 1. The van der Waals surface area contributed by atoms with E-state index in [9.17, 15) is 13.2 Å². The molecule has 0 aliphatic carbocycles. The molecule has 1 fully saturated rings. The summed E-state index contributed by atoms with van der Waals surface area (Å²) in [4.78, 5) is 15.2. The maximum absolute atomic E-state index is 13.5. The Balaban J connectivity index is 2.05. The second-order valence-corrected chi connectivity index (χ2v) is 9.43. The number of amides is 1. The molecule has 0 spiro atoms. The van der Waals surface area contributed by atoms with Crippen LogP contribution in [0.4, 0.5) is 5.69 Å². The third-order valence-corrected chi connectivity index (χ3v) is 7.48. The van der Waals surface area contributed by atoms with E-state index < -0.39 is 10.0 Å². The second kappa shape index (κ2) is 9.21. The lowest BCUT2D eigenvalue weighted by Gasteiger charge is -2.21. The molecule has 0 unspecified atom stereocenters. The van der Waals surface area contributed by atoms with Gasteiger partial charge in [0, 0.05) is 37.6 Å². The summed E-state index contributed by atoms with van der Waals surface area (Å²) >= 11 is 0. The standard InChI is InChI=1S/C22H31N3O5S/c1-15-20(22(26)25-12-8-6-7-9-13-25)21(16(2)24(15)3)31(27,28)23-18-11-10-17(29-4)14-19(18)30-5/h10-11,14,23H,6-9,12-13H2,1-5H3. The van der Waals surface area contributed by atoms with E-state index in [0.29, 0.717) is 36.0 Å². The van der Waals surface area contributed by atoms with Gasteiger partial charge >= 0.3 is 0 Å². The summed E-state index contributed by atoms with van der Waals surface area (Å²) < 4.78 is 41.9. The van der Waals surface area contributed by atoms with Crippen molar-refractivity contribution in [1.82, 2.24) is 9.47 Å². The molecule has 0 saturated carbocycles. The van der Waals surface area contributed by atoms with E-state index in [4.69, 9.17) is 9.47 Å². The van der Waals surface area contributed by atoms with Gasteiger partial charge in [-0.1, -0.05) is 12.8 Å². The van der Waals surface area contributed by atoms with Gasteiger partial charge in [-0.2, -0.15) is 0 Å². The van der Waals surface area contributed by atoms with Gasteiger partial charge in [-0.15, -0.1) is 0 Å². The number of methoxy groups -OCH3 is 2. The van der Waals surface area contributed by atoms with Crippen LogP contribution in [0.3, 0.4) is 0 Å². The van der Waals surface area contributed by atoms with E-state index in [0.717, 1.165) is 25.7 Å². The topological polar surface area (TPSA) is 89.9 Å². The van der Waals surface area contributed by atoms with Crippen LogP contribution in [-0.4, -0.2) is 51.1 Å². The normalized spacial score (nSPS) is 14.8. The minimum atomic E-state index is -4.06. The number of benzene rings is 1. The van der Waals surface area contributed by atoms with Gasteiger partial charge in [0.25, 0.3) is 15.9 Å². The lowest BCUT2D eigenvalue weighted by atomic mass is 10.2. The molecule has 3 rings (SSSR count). The van der Waals surface area contributed by atoms with Crippen LogP contribution >= 0.6 is 0 Å². The highest BCUT2D eigenvalue weighted by Crippen LogP contribution is 2.34. The number of carbonyl (C=O) groups excluding carboxylic acids is 1. The molecular formula is C22H31N3O5S. The van der Waals surface area contributed by atoms with Crippen molar-refractivity contribution in [3.8, 4) is 11.5 Å². The zero-order valence-corrected chi connectivity index (χ0v) is 19.6. The zero-order chi connectivity index (χ0) is 22.8. The summed E-state index contributed by atoms with van der Waals surface area (Å²) in [5.41, 5.74) is 1.66. The Hall–Kier alpha value is -2.68. The number of hydrogen-bond acceptors (Lipinski definition) is 5. The minimum absolute atomic E-state index is 0.0135. The monoisotopic (exact) mass is 449 g/mol. The first kappa shape index (κ1) is 23.0. The molecule has 1 amide bonds. The molecular weight excluding hydrogens is 418 g/mol. The smallest absolute Gasteiger partial charge is 0.264 e. The first-order chi connectivity index (χ1) is 14.7. The SMILES string of the molecule is COc1ccc(NS(=O)(=O)c2c(C(=O)N3CCCCCC3)c(C)n(C)c2C)c(OC)c1. The summed E-state index contributed by atoms with van der Waals surface area (Å²) in [7, 11) is 0.695. The molecule has 1 aliphatic rings. The van der Waals surface area contributed by atoms with Crippen molar-refractivity contribution in [3.63, 3.8) is 0 Å². The van der Waals surface area contributed by atoms with Crippen LogP contribution in [0.1, 0.15) is 47.4 Å². The number of hydrogen-bond donors (Lipinski definition) is 1. The van der Waals surface area contributed by atoms with Crippen molar-refractivity contribution < 1.29 is 22.7 Å². The van der Waals surface area contributed by atoms with Gasteiger partial charge in [-0.05, 0) is 38.8 Å². The summed E-state index contributed by atoms with van der Waals surface area (Å²) in [5, 5.41) is 0. The van der Waals surface area contributed by atoms with Crippen LogP contribution in [0.15, 0.2) is 23.1 Å². The van der Waals surface area contributed by atoms with Gasteiger partial charge < -0.3 is 18.9 Å². The van der Waals surface area contributed by atoms with Crippen molar-refractivity contribution in [3.05, 3.63) is 35.2 Å². The largest absolute Gasteiger partial charge is 0.497 e. The van der Waals surface area contributed by atoms with Crippen LogP contribution in [-0.2, 0) is 17.1 Å². The maximum atomic E-state index is 13.5. The average molecular weight is 450 g/mol. The van der Waals surface area contributed by atoms with E-state index in [2.05, 4.69) is 4.72 Å². The Labute approximate surface area is 184 Å². The quantitative estimate of drug-likeness (QED) is 0.729. The molecule has 1 aromatic carbocycles. The first-order valence-electron chi connectivity index (χ1n) is 10.4. The summed E-state index contributed by atoms with van der Waals surface area (Å²) in [6, 6.07) is 4.83. The van der Waals surface area contributed by atoms with Crippen molar-refractivity contribution in [1.29, 1.82) is 0 Å². The van der Waals surface area contributed by atoms with Crippen LogP contribution in [0.5, 0.6) is 11.5 Å². The minimum Gasteiger partial charge on any atom is -0.497 e. The number of nitrogens with one attached hydrogen (secondary N) is 1. The molecule has 1 saturated heterocycles. The number of nitrogens with zero attached hydrogens (tertiary/aromatic N) is 2. The fourth-order valence-corrected chi connectivity index (χ4v) is 5.60. The zero-order valence-electron chi connectivity index (χ0n) is 18.8. The second-order valence-electron chi connectivity index (χ2n) is 7.81. The predicted octanol–water partition coefficient (Wildman–Crippen LogP) is 3.48. The van der Waals surface area contributed by atoms with E-state index in [1.54, 1.807) is 48.6 Å². The molecule has 2 heterocycles. The van der Waals surface area contributed by atoms with Crippen LogP contribution in [0, 0.1) is 13.8 Å². The van der Waals surface area contributed by atoms with Crippen molar-refractivity contribution in [2.75, 3.05) is 32.0 Å². The molecule has 0 atom stereocenters. The lowest BCUT2D eigenvalue weighted by molar-refractivity contribution is 0.0757. The molecule has 1 aliphatic heterocycles. The molecule has 9 heteroatoms. The van der Waals surface area contributed by atoms with Gasteiger partial charge in [0.1, 0.15) is 16.4 Å². The summed E-state index contributed by atoms with van der Waals surface area (Å²) in [6.07, 6.45) is 4.03. The third kappa shape index (κ3) is 4.51. The Kier molecular flexibility index (Phi) is 6.83. The predicted molar refractivity (Wildman–Crippen MR) is 120 cm³/mol. The molecule has 0 bridgehead atoms. The van der Waals surface area contributed by atoms with Gasteiger partial charge in [-0.3, -0.25) is 9.52 Å². The van der Waals surface area contributed by atoms with Crippen LogP contribution in [0.25, 0.3) is 0 Å². The molecule has 31 heavy (non-hydrogen) atoms. The maximum Gasteiger partial charge on any atom is 0.264 e. The van der Waals surface area contributed by atoms with E-state index in [1.165, 1.54) is 14.2 Å². The fourth-order valence-electron chi connectivity index (χ4n) is 4.01. The first-order valence-corrected chi connectivity index (χ1v) is 11.9. The Bertz CT molecular complexity index is 1070. The number of ether oxygens (including phenoxy) is 2. The van der Waals surface area contributed by atoms with Crippen LogP contribution in [0.2, 0.25) is 0 Å². The molecule has 2 aromatic rings. The van der Waals surface area contributed by atoms with E-state index in [1.807, 2.05) is 0 Å². The number of anilines is 1. The highest BCUT2D eigenvalue weighted by atomic mass is 32.2. The Morgan fingerprint density at radius 1 is 1.00 bits per heavy atom. The number of aromatic nitrogens is 1. The van der Waals surface area contributed by atoms with Gasteiger partial charge in [0.05, 0.1) is 25.5 Å². The molecule has 1 aromatic heterocycles. The summed E-state index contributed by atoms with van der Waals surface area (Å²) in [5.74, 6) is 0.641. The third-order valence-electron chi connectivity index (χ3n) is 5.95. The molecule has 170 valence electrons. The molecule has 1 N–H and O–H groups in total. The lowest BCUT2D eigenvalue weighted by Crippen LogP contribution is -2.33. The average Bonchev–Trinajstić information content (AvgIpc) is 2.94. The van der Waals surface area contributed by atoms with Crippen molar-refractivity contribution >= 4 is 21.6 Å². The highest BCUT2D eigenvalue weighted by molar-refractivity contribution is 7.92. The van der Waals surface area contributed by atoms with E-state index >= 15 is 0 Å². The Morgan fingerprint density at radius 2 is 1.65 bits per heavy atom. The summed E-state index contributed by atoms with van der Waals surface area (Å²) in [6.45, 7) is 4.79. The number of rotatable bonds is 6. The van der Waals surface area contributed by atoms with Crippen molar-refractivity contribution in [2.45, 2.75) is 44.4 Å². The highest BCUT2D eigenvalue weighted by Gasteiger charge is 2.33. The van der Waals surface area contributed by atoms with Gasteiger partial charge in [0.15, 0.2) is 0 Å². The van der Waals surface area contributed by atoms with Crippen LogP contribution < -0.4 is 14.2 Å². The molecule has 8 nitrogen and oxygen atoms in total. The molecule has 0 radical (unpaired) electrons.